The summed E-state index contributed by atoms with van der Waals surface area (Å²) in [4.78, 5) is 50.0. The number of aromatic nitrogens is 2. The molecule has 512 valence electrons. The van der Waals surface area contributed by atoms with Crippen LogP contribution < -0.4 is 19.7 Å². The number of hydrogen-bond acceptors (Lipinski definition) is 13. The van der Waals surface area contributed by atoms with E-state index in [1.54, 1.807) is 18.2 Å². The van der Waals surface area contributed by atoms with Crippen molar-refractivity contribution in [2.75, 3.05) is 31.7 Å². The molecule has 11 atom stereocenters. The van der Waals surface area contributed by atoms with Gasteiger partial charge in [-0.15, -0.1) is 0 Å². The molecule has 6 aromatic rings. The monoisotopic (exact) mass is 1320 g/mol. The van der Waals surface area contributed by atoms with Gasteiger partial charge in [-0.1, -0.05) is 86.1 Å². The number of allylic oxidation sites excluding steroid dienone is 6. The van der Waals surface area contributed by atoms with E-state index in [0.29, 0.717) is 75.3 Å². The lowest BCUT2D eigenvalue weighted by molar-refractivity contribution is -0.148. The number of esters is 1. The van der Waals surface area contributed by atoms with Gasteiger partial charge in [-0.2, -0.15) is 0 Å². The Kier molecular flexibility index (Phi) is 17.8. The van der Waals surface area contributed by atoms with Crippen molar-refractivity contribution < 1.29 is 54.1 Å². The van der Waals surface area contributed by atoms with Crippen LogP contribution in [0.15, 0.2) is 133 Å². The normalized spacial score (nSPS) is 29.3. The first-order chi connectivity index (χ1) is 47.5. The molecule has 0 saturated heterocycles. The zero-order chi connectivity index (χ0) is 67.6. The number of Topliss-reactive ketones (excluding diaryl/α,β-unsaturated/α-hetero) is 2. The van der Waals surface area contributed by atoms with Crippen LogP contribution in [0.4, 0.5) is 5.69 Å². The Balaban J connectivity index is 0.962. The molecule has 0 amide bonds. The van der Waals surface area contributed by atoms with Crippen molar-refractivity contribution in [2.45, 2.75) is 185 Å². The number of aliphatic hydroxyl groups is 2. The van der Waals surface area contributed by atoms with Crippen LogP contribution in [0.25, 0.3) is 10.8 Å². The predicted molar refractivity (Wildman–Crippen MR) is 377 cm³/mol. The average molecular weight is 1320 g/mol. The SMILES string of the molecule is COc1cc2cc(O)c1Oc1cc(O)cc(c1)CCC(CO)CC1CCC3(CCC4(Cc5c6c(ccc7c6cn5C2CC(=O)CC(OC(C)=O)CCC25Cc6c[nH]cc6C(C#CCC2=CC=CC5C)C(c2cccc(O)c2)C2=CCNC(=C2)N7CCC(=O)C2CCCCC2)C4O)C3)C1. The van der Waals surface area contributed by atoms with Gasteiger partial charge in [0.2, 0.25) is 5.75 Å². The van der Waals surface area contributed by atoms with Gasteiger partial charge in [-0.3, -0.25) is 14.4 Å². The number of nitrogens with one attached hydrogen (secondary N) is 2. The molecule has 4 aromatic carbocycles. The molecule has 6 heterocycles. The summed E-state index contributed by atoms with van der Waals surface area (Å²) in [5.41, 5.74) is 8.11. The molecular weight excluding hydrogens is 1230 g/mol. The molecule has 15 heteroatoms. The smallest absolute Gasteiger partial charge is 0.302 e. The van der Waals surface area contributed by atoms with Crippen molar-refractivity contribution in [2.24, 2.45) is 39.9 Å². The predicted octanol–water partition coefficient (Wildman–Crippen LogP) is 15.4. The average Bonchev–Trinajstić information content (AvgIpc) is 1.53. The van der Waals surface area contributed by atoms with Crippen LogP contribution in [0.2, 0.25) is 0 Å². The fraction of sp³-hybridized carbons (Fsp3) is 0.482. The second kappa shape index (κ2) is 26.7. The van der Waals surface area contributed by atoms with Crippen molar-refractivity contribution in [3.63, 3.8) is 0 Å². The number of phenolic OH excluding ortho intramolecular Hbond substituents is 3. The third-order valence-corrected chi connectivity index (χ3v) is 24.8. The van der Waals surface area contributed by atoms with Gasteiger partial charge in [0, 0.05) is 116 Å². The number of carbonyl (C=O) groups excluding carboxylic acids is 3. The lowest BCUT2D eigenvalue weighted by Gasteiger charge is -2.43. The molecule has 3 fully saturated rings. The van der Waals surface area contributed by atoms with Crippen molar-refractivity contribution in [3.8, 4) is 46.3 Å². The number of methoxy groups -OCH3 is 1. The van der Waals surface area contributed by atoms with Crippen LogP contribution in [0.3, 0.4) is 0 Å². The number of fused-ring (bicyclic) bond motifs is 6. The van der Waals surface area contributed by atoms with Gasteiger partial charge in [0.15, 0.2) is 11.5 Å². The summed E-state index contributed by atoms with van der Waals surface area (Å²) in [6.07, 6.45) is 31.1. The summed E-state index contributed by atoms with van der Waals surface area (Å²) in [5.74, 6) is 8.07. The molecule has 3 spiro atoms. The molecule has 3 saturated carbocycles. The van der Waals surface area contributed by atoms with E-state index < -0.39 is 35.0 Å². The summed E-state index contributed by atoms with van der Waals surface area (Å²) in [5, 5.41) is 65.2. The third-order valence-electron chi connectivity index (χ3n) is 24.8. The van der Waals surface area contributed by atoms with Gasteiger partial charge in [0.25, 0.3) is 0 Å². The van der Waals surface area contributed by atoms with Crippen LogP contribution in [0, 0.1) is 51.8 Å². The number of aliphatic hydroxyl groups excluding tert-OH is 2. The zero-order valence-corrected chi connectivity index (χ0v) is 56.9. The summed E-state index contributed by atoms with van der Waals surface area (Å²) in [6.45, 7) is 4.49. The Bertz CT molecular complexity index is 4300. The number of phenols is 3. The van der Waals surface area contributed by atoms with Gasteiger partial charge >= 0.3 is 5.97 Å². The van der Waals surface area contributed by atoms with Crippen LogP contribution in [-0.2, 0) is 38.4 Å². The van der Waals surface area contributed by atoms with E-state index >= 15 is 4.79 Å². The molecular formula is C83H94N4O11. The molecule has 4 aliphatic heterocycles. The summed E-state index contributed by atoms with van der Waals surface area (Å²) in [7, 11) is 1.51. The summed E-state index contributed by atoms with van der Waals surface area (Å²) in [6, 6.07) is 19.5. The lowest BCUT2D eigenvalue weighted by Crippen LogP contribution is -2.37. The van der Waals surface area contributed by atoms with Crippen LogP contribution in [0.1, 0.15) is 199 Å². The summed E-state index contributed by atoms with van der Waals surface area (Å²) >= 11 is 0. The standard InChI is InChI=1S/C83H94N4O11/c1-50-10-7-14-60-15-9-17-66-68-46-84-45-59(68)43-83(50,60)27-23-64(97-51(2)89)39-63(92)41-71-58-36-74(94)79(75(37-58)96-3)98-65-34-52(33-62(91)40-65)18-19-54(48-88)32-53-22-26-81(42-53)28-29-82(49-81)44-72-78-67(80(82)95)20-21-70(69(78)47-87(71)72)86(31-25-73(93)55-11-5-4-6-12-55)76-38-57(24-30-85-76)77(66)56-13-8-16-61(90)35-56/h7-8,10,13-14,16,20-21,24,33-38,40,45-47,50,53-55,64,66,71,77,80,84-85,88,90-91,94-95H,4-6,11-12,15,18-19,22-23,25-32,39,41-44,48-49H2,1-3H3. The van der Waals surface area contributed by atoms with Gasteiger partial charge in [0.1, 0.15) is 40.7 Å². The van der Waals surface area contributed by atoms with E-state index in [1.165, 1.54) is 25.7 Å². The number of carbonyl (C=O) groups is 3. The van der Waals surface area contributed by atoms with Crippen molar-refractivity contribution in [1.82, 2.24) is 14.9 Å². The Hall–Kier alpha value is -8.45. The summed E-state index contributed by atoms with van der Waals surface area (Å²) < 4.78 is 21.3. The van der Waals surface area contributed by atoms with Gasteiger partial charge in [0.05, 0.1) is 30.9 Å². The lowest BCUT2D eigenvalue weighted by atomic mass is 9.61. The molecule has 0 radical (unpaired) electrons. The molecule has 98 heavy (non-hydrogen) atoms. The number of H-pyrrole nitrogens is 1. The van der Waals surface area contributed by atoms with Crippen LogP contribution >= 0.6 is 0 Å². The van der Waals surface area contributed by atoms with E-state index in [0.717, 1.165) is 138 Å². The number of nitrogens with zero attached hydrogens (tertiary/aromatic N) is 2. The van der Waals surface area contributed by atoms with Crippen molar-refractivity contribution in [1.29, 1.82) is 0 Å². The van der Waals surface area contributed by atoms with Crippen LogP contribution in [-0.4, -0.2) is 85.5 Å². The van der Waals surface area contributed by atoms with Gasteiger partial charge in [-0.05, 0) is 207 Å². The number of anilines is 1. The first kappa shape index (κ1) is 65.5. The fourth-order valence-corrected chi connectivity index (χ4v) is 20.0. The quantitative estimate of drug-likeness (QED) is 0.0558. The number of dihydropyridines is 1. The number of aromatic amines is 1. The van der Waals surface area contributed by atoms with Crippen molar-refractivity contribution >= 4 is 34.0 Å². The van der Waals surface area contributed by atoms with Gasteiger partial charge in [-0.25, -0.2) is 0 Å². The van der Waals surface area contributed by atoms with E-state index in [4.69, 9.17) is 14.2 Å². The first-order valence-electron chi connectivity index (χ1n) is 36.3. The minimum absolute atomic E-state index is 0.000396. The molecule has 16 rings (SSSR count). The zero-order valence-electron chi connectivity index (χ0n) is 56.9. The maximum Gasteiger partial charge on any atom is 0.302 e. The highest BCUT2D eigenvalue weighted by Crippen LogP contribution is 2.66. The largest absolute Gasteiger partial charge is 0.508 e. The molecule has 10 aliphatic rings. The number of aryl methyl sites for hydroxylation is 1. The van der Waals surface area contributed by atoms with Crippen LogP contribution in [0.5, 0.6) is 34.5 Å². The van der Waals surface area contributed by atoms with E-state index in [9.17, 15) is 35.1 Å². The maximum atomic E-state index is 15.9. The number of hydrogen-bond donors (Lipinski definition) is 7. The third kappa shape index (κ3) is 12.3. The number of aromatic hydroxyl groups is 3. The number of ether oxygens (including phenoxy) is 3. The molecule has 2 aromatic heterocycles. The van der Waals surface area contributed by atoms with E-state index in [1.807, 2.05) is 24.3 Å². The Morgan fingerprint density at radius 1 is 0.888 bits per heavy atom. The number of ketones is 2. The first-order valence-corrected chi connectivity index (χ1v) is 36.3. The van der Waals surface area contributed by atoms with E-state index in [-0.39, 0.29) is 101 Å². The van der Waals surface area contributed by atoms with Gasteiger partial charge < -0.3 is 59.5 Å². The molecule has 15 nitrogen and oxygen atoms in total. The van der Waals surface area contributed by atoms with Crippen molar-refractivity contribution in [3.05, 3.63) is 172 Å². The number of rotatable bonds is 8. The second-order valence-electron chi connectivity index (χ2n) is 30.7. The fourth-order valence-electron chi connectivity index (χ4n) is 20.0. The Labute approximate surface area is 575 Å². The van der Waals surface area contributed by atoms with E-state index in [2.05, 4.69) is 106 Å². The second-order valence-corrected chi connectivity index (χ2v) is 30.7. The highest BCUT2D eigenvalue weighted by Gasteiger charge is 2.57. The highest BCUT2D eigenvalue weighted by atomic mass is 16.5. The topological polar surface area (TPSA) is 216 Å². The minimum atomic E-state index is -0.839. The number of benzene rings is 4. The molecule has 14 bridgehead atoms. The minimum Gasteiger partial charge on any atom is -0.508 e. The molecule has 7 N–H and O–H groups in total. The maximum absolute atomic E-state index is 15.9. The molecule has 11 unspecified atom stereocenters. The highest BCUT2D eigenvalue weighted by molar-refractivity contribution is 6.01. The molecule has 6 aliphatic carbocycles. The Morgan fingerprint density at radius 3 is 2.58 bits per heavy atom. The Morgan fingerprint density at radius 2 is 1.76 bits per heavy atom.